The number of hydrogen-bond acceptors (Lipinski definition) is 4. The van der Waals surface area contributed by atoms with Gasteiger partial charge >= 0.3 is 0 Å². The van der Waals surface area contributed by atoms with Gasteiger partial charge in [-0.25, -0.2) is 0 Å². The van der Waals surface area contributed by atoms with Crippen molar-refractivity contribution in [2.24, 2.45) is 0 Å². The van der Waals surface area contributed by atoms with Gasteiger partial charge in [0.15, 0.2) is 0 Å². The third-order valence-corrected chi connectivity index (χ3v) is 3.83. The summed E-state index contributed by atoms with van der Waals surface area (Å²) in [7, 11) is -3.50. The van der Waals surface area contributed by atoms with Crippen LogP contribution >= 0.6 is 0 Å². The predicted molar refractivity (Wildman–Crippen MR) is 64.0 cm³/mol. The summed E-state index contributed by atoms with van der Waals surface area (Å²) >= 11 is 0. The fourth-order valence-electron chi connectivity index (χ4n) is 1.78. The zero-order chi connectivity index (χ0) is 12.1. The molecule has 1 saturated heterocycles. The molecule has 0 saturated carbocycles. The molecule has 1 atom stereocenters. The fraction of sp³-hybridized carbons (Fsp3) is 0.500. The second kappa shape index (κ2) is 5.62. The number of hydrogen-bond donors (Lipinski definition) is 0. The van der Waals surface area contributed by atoms with Crippen LogP contribution in [0.4, 0.5) is 0 Å². The van der Waals surface area contributed by atoms with Gasteiger partial charge in [-0.3, -0.25) is 4.18 Å². The molecule has 0 unspecified atom stereocenters. The van der Waals surface area contributed by atoms with E-state index < -0.39 is 10.1 Å². The summed E-state index contributed by atoms with van der Waals surface area (Å²) in [6, 6.07) is 9.01. The van der Waals surface area contributed by atoms with Crippen LogP contribution in [0.3, 0.4) is 0 Å². The molecule has 0 aromatic heterocycles. The summed E-state index contributed by atoms with van der Waals surface area (Å²) in [5.74, 6) is -0.0828. The molecule has 0 N–H and O–H groups in total. The summed E-state index contributed by atoms with van der Waals surface area (Å²) in [4.78, 5) is 0. The minimum absolute atomic E-state index is 0.0689. The van der Waals surface area contributed by atoms with Gasteiger partial charge in [-0.15, -0.1) is 0 Å². The Bertz CT molecular complexity index is 435. The zero-order valence-corrected chi connectivity index (χ0v) is 10.4. The van der Waals surface area contributed by atoms with Gasteiger partial charge in [0.05, 0.1) is 12.7 Å². The van der Waals surface area contributed by atoms with Crippen molar-refractivity contribution < 1.29 is 17.3 Å². The minimum Gasteiger partial charge on any atom is -0.376 e. The molecule has 0 aliphatic carbocycles. The van der Waals surface area contributed by atoms with E-state index in [0.717, 1.165) is 18.4 Å². The van der Waals surface area contributed by atoms with Crippen molar-refractivity contribution in [2.75, 3.05) is 13.2 Å². The lowest BCUT2D eigenvalue weighted by atomic mass is 10.2. The first-order valence-corrected chi connectivity index (χ1v) is 7.26. The van der Waals surface area contributed by atoms with Gasteiger partial charge in [-0.2, -0.15) is 8.42 Å². The van der Waals surface area contributed by atoms with Gasteiger partial charge < -0.3 is 4.74 Å². The molecular formula is C12H16O4S. The minimum atomic E-state index is -3.50. The Balaban J connectivity index is 1.86. The summed E-state index contributed by atoms with van der Waals surface area (Å²) in [5.41, 5.74) is 0.736. The smallest absolute Gasteiger partial charge is 0.271 e. The Morgan fingerprint density at radius 1 is 1.29 bits per heavy atom. The van der Waals surface area contributed by atoms with Crippen molar-refractivity contribution in [1.82, 2.24) is 0 Å². The van der Waals surface area contributed by atoms with Gasteiger partial charge in [0.1, 0.15) is 5.75 Å². The van der Waals surface area contributed by atoms with Crippen LogP contribution in [0.15, 0.2) is 30.3 Å². The maximum atomic E-state index is 11.7. The second-order valence-corrected chi connectivity index (χ2v) is 5.75. The Labute approximate surface area is 102 Å². The molecule has 0 radical (unpaired) electrons. The lowest BCUT2D eigenvalue weighted by Crippen LogP contribution is -2.19. The van der Waals surface area contributed by atoms with Gasteiger partial charge in [-0.1, -0.05) is 30.3 Å². The van der Waals surface area contributed by atoms with Gasteiger partial charge in [0, 0.05) is 6.61 Å². The van der Waals surface area contributed by atoms with E-state index in [2.05, 4.69) is 0 Å². The molecule has 1 aliphatic heterocycles. The first kappa shape index (κ1) is 12.5. The van der Waals surface area contributed by atoms with Crippen LogP contribution in [0.25, 0.3) is 0 Å². The van der Waals surface area contributed by atoms with Crippen LogP contribution in [0.2, 0.25) is 0 Å². The number of ether oxygens (including phenoxy) is 1. The van der Waals surface area contributed by atoms with Gasteiger partial charge in [-0.05, 0) is 18.4 Å². The molecule has 1 aromatic carbocycles. The lowest BCUT2D eigenvalue weighted by Gasteiger charge is -2.10. The molecule has 0 spiro atoms. The molecule has 5 heteroatoms. The normalized spacial score (nSPS) is 20.6. The van der Waals surface area contributed by atoms with Crippen molar-refractivity contribution in [3.8, 4) is 0 Å². The van der Waals surface area contributed by atoms with Crippen LogP contribution in [0.1, 0.15) is 18.4 Å². The van der Waals surface area contributed by atoms with Crippen LogP contribution in [0, 0.1) is 0 Å². The highest BCUT2D eigenvalue weighted by atomic mass is 32.2. The summed E-state index contributed by atoms with van der Waals surface area (Å²) in [5, 5.41) is 0. The van der Waals surface area contributed by atoms with E-state index in [1.54, 1.807) is 12.1 Å². The molecule has 1 fully saturated rings. The van der Waals surface area contributed by atoms with Crippen molar-refractivity contribution in [3.63, 3.8) is 0 Å². The largest absolute Gasteiger partial charge is 0.376 e. The zero-order valence-electron chi connectivity index (χ0n) is 9.54. The van der Waals surface area contributed by atoms with E-state index in [1.165, 1.54) is 0 Å². The standard InChI is InChI=1S/C12H16O4S/c13-17(14,10-11-5-2-1-3-6-11)16-9-12-7-4-8-15-12/h1-3,5-6,12H,4,7-10H2/t12-/m0/s1. The molecule has 2 rings (SSSR count). The third-order valence-electron chi connectivity index (χ3n) is 2.64. The maximum Gasteiger partial charge on any atom is 0.271 e. The van der Waals surface area contributed by atoms with E-state index in [4.69, 9.17) is 8.92 Å². The predicted octanol–water partition coefficient (Wildman–Crippen LogP) is 1.71. The Morgan fingerprint density at radius 2 is 2.06 bits per heavy atom. The Morgan fingerprint density at radius 3 is 2.71 bits per heavy atom. The van der Waals surface area contributed by atoms with E-state index >= 15 is 0 Å². The highest BCUT2D eigenvalue weighted by molar-refractivity contribution is 7.85. The van der Waals surface area contributed by atoms with Crippen molar-refractivity contribution in [3.05, 3.63) is 35.9 Å². The summed E-state index contributed by atoms with van der Waals surface area (Å²) in [6.45, 7) is 0.835. The first-order valence-electron chi connectivity index (χ1n) is 5.68. The van der Waals surface area contributed by atoms with Gasteiger partial charge in [0.2, 0.25) is 0 Å². The SMILES string of the molecule is O=S(=O)(Cc1ccccc1)OC[C@@H]1CCCO1. The van der Waals surface area contributed by atoms with Crippen molar-refractivity contribution in [2.45, 2.75) is 24.7 Å². The van der Waals surface area contributed by atoms with E-state index in [1.807, 2.05) is 18.2 Å². The van der Waals surface area contributed by atoms with Crippen molar-refractivity contribution in [1.29, 1.82) is 0 Å². The molecule has 4 nitrogen and oxygen atoms in total. The van der Waals surface area contributed by atoms with E-state index in [0.29, 0.717) is 6.61 Å². The second-order valence-electron chi connectivity index (χ2n) is 4.11. The first-order chi connectivity index (χ1) is 8.16. The van der Waals surface area contributed by atoms with Crippen LogP contribution in [-0.4, -0.2) is 27.7 Å². The number of benzene rings is 1. The number of rotatable bonds is 5. The highest BCUT2D eigenvalue weighted by Crippen LogP contribution is 2.14. The van der Waals surface area contributed by atoms with Gasteiger partial charge in [0.25, 0.3) is 10.1 Å². The molecule has 17 heavy (non-hydrogen) atoms. The molecule has 1 heterocycles. The quantitative estimate of drug-likeness (QED) is 0.753. The van der Waals surface area contributed by atoms with Crippen molar-refractivity contribution >= 4 is 10.1 Å². The summed E-state index contributed by atoms with van der Waals surface area (Å²) < 4.78 is 33.6. The Kier molecular flexibility index (Phi) is 4.15. The molecule has 0 bridgehead atoms. The van der Waals surface area contributed by atoms with E-state index in [-0.39, 0.29) is 18.5 Å². The molecule has 0 amide bonds. The third kappa shape index (κ3) is 4.11. The van der Waals surface area contributed by atoms with E-state index in [9.17, 15) is 8.42 Å². The lowest BCUT2D eigenvalue weighted by molar-refractivity contribution is 0.0700. The molecular weight excluding hydrogens is 240 g/mol. The molecule has 94 valence electrons. The van der Waals surface area contributed by atoms with Crippen LogP contribution in [-0.2, 0) is 24.8 Å². The maximum absolute atomic E-state index is 11.7. The van der Waals surface area contributed by atoms with Crippen LogP contribution < -0.4 is 0 Å². The fourth-order valence-corrected chi connectivity index (χ4v) is 2.82. The Hall–Kier alpha value is -0.910. The van der Waals surface area contributed by atoms with Crippen LogP contribution in [0.5, 0.6) is 0 Å². The topological polar surface area (TPSA) is 52.6 Å². The summed E-state index contributed by atoms with van der Waals surface area (Å²) in [6.07, 6.45) is 1.79. The monoisotopic (exact) mass is 256 g/mol. The highest BCUT2D eigenvalue weighted by Gasteiger charge is 2.20. The average Bonchev–Trinajstić information content (AvgIpc) is 2.80. The average molecular weight is 256 g/mol. The molecule has 1 aromatic rings. The molecule has 1 aliphatic rings.